The molecule has 1 N–H and O–H groups in total. The predicted molar refractivity (Wildman–Crippen MR) is 74.0 cm³/mol. The van der Waals surface area contributed by atoms with Gasteiger partial charge >= 0.3 is 0 Å². The Morgan fingerprint density at radius 2 is 1.82 bits per heavy atom. The van der Waals surface area contributed by atoms with E-state index in [1.165, 1.54) is 0 Å². The van der Waals surface area contributed by atoms with Crippen LogP contribution in [0.5, 0.6) is 0 Å². The summed E-state index contributed by atoms with van der Waals surface area (Å²) in [5.74, 6) is -0.163. The quantitative estimate of drug-likeness (QED) is 0.888. The minimum atomic E-state index is -0.163. The normalized spacial score (nSPS) is 10.0. The van der Waals surface area contributed by atoms with Crippen molar-refractivity contribution >= 4 is 43.5 Å². The van der Waals surface area contributed by atoms with Crippen molar-refractivity contribution in [2.75, 3.05) is 5.32 Å². The lowest BCUT2D eigenvalue weighted by molar-refractivity contribution is 0.102. The third-order valence-electron chi connectivity index (χ3n) is 2.11. The highest BCUT2D eigenvalue weighted by atomic mass is 79.9. The van der Waals surface area contributed by atoms with Gasteiger partial charge in [-0.25, -0.2) is 0 Å². The van der Waals surface area contributed by atoms with E-state index in [9.17, 15) is 4.79 Å². The van der Waals surface area contributed by atoms with Crippen molar-refractivity contribution < 1.29 is 4.79 Å². The second-order valence-corrected chi connectivity index (χ2v) is 5.08. The fourth-order valence-corrected chi connectivity index (χ4v) is 2.09. The van der Waals surface area contributed by atoms with Crippen LogP contribution in [-0.2, 0) is 0 Å². The molecule has 1 aromatic carbocycles. The van der Waals surface area contributed by atoms with Crippen LogP contribution in [0.15, 0.2) is 51.7 Å². The number of nitrogens with zero attached hydrogens (tertiary/aromatic N) is 1. The summed E-state index contributed by atoms with van der Waals surface area (Å²) in [7, 11) is 0. The maximum absolute atomic E-state index is 12.0. The molecule has 0 aliphatic rings. The van der Waals surface area contributed by atoms with Gasteiger partial charge < -0.3 is 5.32 Å². The summed E-state index contributed by atoms with van der Waals surface area (Å²) in [4.78, 5) is 15.9. The fraction of sp³-hybridized carbons (Fsp3) is 0. The number of halogens is 2. The van der Waals surface area contributed by atoms with Crippen LogP contribution in [-0.4, -0.2) is 10.9 Å². The van der Waals surface area contributed by atoms with Gasteiger partial charge in [0.25, 0.3) is 5.91 Å². The molecule has 2 aromatic rings. The van der Waals surface area contributed by atoms with Crippen molar-refractivity contribution in [3.8, 4) is 0 Å². The van der Waals surface area contributed by atoms with Gasteiger partial charge in [-0.2, -0.15) is 0 Å². The van der Waals surface area contributed by atoms with E-state index in [0.29, 0.717) is 5.56 Å². The highest BCUT2D eigenvalue weighted by molar-refractivity contribution is 9.11. The number of hydrogen-bond donors (Lipinski definition) is 1. The summed E-state index contributed by atoms with van der Waals surface area (Å²) >= 11 is 6.69. The van der Waals surface area contributed by atoms with Crippen LogP contribution in [0.2, 0.25) is 0 Å². The van der Waals surface area contributed by atoms with Crippen molar-refractivity contribution in [1.82, 2.24) is 4.98 Å². The Hall–Kier alpha value is -1.20. The second kappa shape index (κ2) is 5.42. The molecule has 0 atom stereocenters. The predicted octanol–water partition coefficient (Wildman–Crippen LogP) is 3.86. The van der Waals surface area contributed by atoms with Gasteiger partial charge in [0.1, 0.15) is 0 Å². The Labute approximate surface area is 116 Å². The Bertz CT molecular complexity index is 543. The summed E-state index contributed by atoms with van der Waals surface area (Å²) < 4.78 is 1.62. The van der Waals surface area contributed by atoms with Crippen LogP contribution in [0.4, 0.5) is 5.69 Å². The van der Waals surface area contributed by atoms with Gasteiger partial charge in [-0.15, -0.1) is 0 Å². The summed E-state index contributed by atoms with van der Waals surface area (Å²) in [6.45, 7) is 0. The first kappa shape index (κ1) is 12.3. The van der Waals surface area contributed by atoms with Gasteiger partial charge in [0.2, 0.25) is 0 Å². The van der Waals surface area contributed by atoms with Gasteiger partial charge in [-0.3, -0.25) is 9.78 Å². The molecule has 3 nitrogen and oxygen atoms in total. The molecule has 2 rings (SSSR count). The lowest BCUT2D eigenvalue weighted by Gasteiger charge is -2.06. The van der Waals surface area contributed by atoms with Crippen molar-refractivity contribution in [1.29, 1.82) is 0 Å². The van der Waals surface area contributed by atoms with Crippen LogP contribution in [0.25, 0.3) is 0 Å². The highest BCUT2D eigenvalue weighted by Gasteiger charge is 2.10. The van der Waals surface area contributed by atoms with E-state index in [1.807, 2.05) is 12.1 Å². The fourth-order valence-electron chi connectivity index (χ4n) is 1.31. The average molecular weight is 356 g/mol. The number of hydrogen-bond acceptors (Lipinski definition) is 2. The van der Waals surface area contributed by atoms with Crippen LogP contribution in [0, 0.1) is 0 Å². The number of pyridine rings is 1. The molecule has 0 bridgehead atoms. The molecular formula is C12H8Br2N2O. The van der Waals surface area contributed by atoms with E-state index in [4.69, 9.17) is 0 Å². The van der Waals surface area contributed by atoms with Crippen molar-refractivity contribution in [3.63, 3.8) is 0 Å². The Balaban J connectivity index is 2.23. The summed E-state index contributed by atoms with van der Waals surface area (Å²) in [5, 5.41) is 2.80. The van der Waals surface area contributed by atoms with Gasteiger partial charge in [0, 0.05) is 27.0 Å². The summed E-state index contributed by atoms with van der Waals surface area (Å²) in [6.07, 6.45) is 3.26. The van der Waals surface area contributed by atoms with E-state index in [0.717, 1.165) is 14.6 Å². The van der Waals surface area contributed by atoms with Gasteiger partial charge in [-0.05, 0) is 46.3 Å². The molecule has 0 fully saturated rings. The molecule has 1 aromatic heterocycles. The molecule has 0 radical (unpaired) electrons. The maximum atomic E-state index is 12.0. The van der Waals surface area contributed by atoms with E-state index >= 15 is 0 Å². The number of aromatic nitrogens is 1. The van der Waals surface area contributed by atoms with Gasteiger partial charge in [-0.1, -0.05) is 15.9 Å². The molecule has 17 heavy (non-hydrogen) atoms. The van der Waals surface area contributed by atoms with Crippen molar-refractivity contribution in [2.45, 2.75) is 0 Å². The third kappa shape index (κ3) is 3.14. The topological polar surface area (TPSA) is 42.0 Å². The monoisotopic (exact) mass is 354 g/mol. The molecule has 5 heteroatoms. The standard InChI is InChI=1S/C12H8Br2N2O/c13-8-1-2-11(14)10(7-8)12(17)16-9-3-5-15-6-4-9/h1-7H,(H,15,16,17). The number of anilines is 1. The zero-order valence-electron chi connectivity index (χ0n) is 8.65. The Morgan fingerprint density at radius 3 is 2.53 bits per heavy atom. The van der Waals surface area contributed by atoms with E-state index in [1.54, 1.807) is 30.6 Å². The number of amides is 1. The number of carbonyl (C=O) groups excluding carboxylic acids is 1. The zero-order valence-corrected chi connectivity index (χ0v) is 11.8. The molecular weight excluding hydrogens is 348 g/mol. The van der Waals surface area contributed by atoms with Crippen LogP contribution in [0.1, 0.15) is 10.4 Å². The minimum Gasteiger partial charge on any atom is -0.322 e. The third-order valence-corrected chi connectivity index (χ3v) is 3.30. The van der Waals surface area contributed by atoms with Crippen molar-refractivity contribution in [2.24, 2.45) is 0 Å². The zero-order chi connectivity index (χ0) is 12.3. The number of benzene rings is 1. The van der Waals surface area contributed by atoms with Gasteiger partial charge in [0.15, 0.2) is 0 Å². The lowest BCUT2D eigenvalue weighted by atomic mass is 10.2. The molecule has 0 aliphatic carbocycles. The number of carbonyl (C=O) groups is 1. The molecule has 0 spiro atoms. The smallest absolute Gasteiger partial charge is 0.256 e. The van der Waals surface area contributed by atoms with Crippen LogP contribution in [0.3, 0.4) is 0 Å². The molecule has 0 saturated carbocycles. The summed E-state index contributed by atoms with van der Waals surface area (Å²) in [6, 6.07) is 8.94. The minimum absolute atomic E-state index is 0.163. The molecule has 1 amide bonds. The first-order valence-corrected chi connectivity index (χ1v) is 6.42. The highest BCUT2D eigenvalue weighted by Crippen LogP contribution is 2.22. The van der Waals surface area contributed by atoms with E-state index in [-0.39, 0.29) is 5.91 Å². The SMILES string of the molecule is O=C(Nc1ccncc1)c1cc(Br)ccc1Br. The van der Waals surface area contributed by atoms with Crippen LogP contribution < -0.4 is 5.32 Å². The number of rotatable bonds is 2. The van der Waals surface area contributed by atoms with Gasteiger partial charge in [0.05, 0.1) is 5.56 Å². The Morgan fingerprint density at radius 1 is 1.12 bits per heavy atom. The lowest BCUT2D eigenvalue weighted by Crippen LogP contribution is -2.12. The van der Waals surface area contributed by atoms with E-state index in [2.05, 4.69) is 42.2 Å². The molecule has 0 saturated heterocycles. The van der Waals surface area contributed by atoms with E-state index < -0.39 is 0 Å². The number of nitrogens with one attached hydrogen (secondary N) is 1. The first-order chi connectivity index (χ1) is 8.16. The molecule has 0 unspecified atom stereocenters. The summed E-state index contributed by atoms with van der Waals surface area (Å²) in [5.41, 5.74) is 1.30. The first-order valence-electron chi connectivity index (χ1n) is 4.83. The molecule has 86 valence electrons. The Kier molecular flexibility index (Phi) is 3.91. The second-order valence-electron chi connectivity index (χ2n) is 3.31. The molecule has 0 aliphatic heterocycles. The van der Waals surface area contributed by atoms with Crippen molar-refractivity contribution in [3.05, 3.63) is 57.2 Å². The largest absolute Gasteiger partial charge is 0.322 e. The van der Waals surface area contributed by atoms with Crippen LogP contribution >= 0.6 is 31.9 Å². The molecule has 1 heterocycles. The maximum Gasteiger partial charge on any atom is 0.256 e. The average Bonchev–Trinajstić information content (AvgIpc) is 2.33.